The first-order valence-corrected chi connectivity index (χ1v) is 10.5. The van der Waals surface area contributed by atoms with Crippen LogP contribution in [0.25, 0.3) is 11.0 Å². The fourth-order valence-corrected chi connectivity index (χ4v) is 3.68. The molecule has 0 unspecified atom stereocenters. The number of imidazole rings is 1. The van der Waals surface area contributed by atoms with Crippen molar-refractivity contribution in [2.75, 3.05) is 26.2 Å². The third-order valence-corrected chi connectivity index (χ3v) is 5.16. The van der Waals surface area contributed by atoms with Crippen molar-refractivity contribution in [2.24, 2.45) is 4.99 Å². The molecule has 160 valence electrons. The van der Waals surface area contributed by atoms with Gasteiger partial charge >= 0.3 is 0 Å². The van der Waals surface area contributed by atoms with Gasteiger partial charge in [-0.1, -0.05) is 24.3 Å². The lowest BCUT2D eigenvalue weighted by Crippen LogP contribution is -2.38. The minimum Gasteiger partial charge on any atom is -0.493 e. The Morgan fingerprint density at radius 2 is 2.10 bits per heavy atom. The van der Waals surface area contributed by atoms with Gasteiger partial charge in [0.05, 0.1) is 24.0 Å². The molecular formula is C23H30IN5O. The molecule has 1 aliphatic rings. The van der Waals surface area contributed by atoms with E-state index in [9.17, 15) is 0 Å². The Labute approximate surface area is 195 Å². The Hall–Kier alpha value is -2.29. The summed E-state index contributed by atoms with van der Waals surface area (Å²) in [5.74, 6) is 1.93. The summed E-state index contributed by atoms with van der Waals surface area (Å²) in [5.41, 5.74) is 4.89. The van der Waals surface area contributed by atoms with Crippen LogP contribution in [-0.2, 0) is 19.4 Å². The standard InChI is InChI=1S/C23H29N5O.HI/c1-2-24-23(26-13-10-18-8-9-22-19(16-18)11-15-29-22)25-12-5-14-28-17-27-20-6-3-4-7-21(20)28;/h3-4,6-9,16-17H,2,5,10-15H2,1H3,(H2,24,25,26);1H. The van der Waals surface area contributed by atoms with Gasteiger partial charge in [-0.15, -0.1) is 24.0 Å². The molecule has 3 aromatic rings. The second-order valence-electron chi connectivity index (χ2n) is 7.26. The van der Waals surface area contributed by atoms with Gasteiger partial charge in [-0.3, -0.25) is 4.99 Å². The first kappa shape index (κ1) is 22.4. The van der Waals surface area contributed by atoms with E-state index in [0.717, 1.165) is 69.3 Å². The van der Waals surface area contributed by atoms with Crippen molar-refractivity contribution in [3.8, 4) is 5.75 Å². The van der Waals surface area contributed by atoms with Crippen molar-refractivity contribution >= 4 is 41.0 Å². The van der Waals surface area contributed by atoms with E-state index in [1.54, 1.807) is 0 Å². The molecule has 0 saturated carbocycles. The third kappa shape index (κ3) is 5.65. The van der Waals surface area contributed by atoms with Gasteiger partial charge in [0, 0.05) is 32.6 Å². The number of rotatable bonds is 8. The number of aryl methyl sites for hydroxylation is 1. The van der Waals surface area contributed by atoms with Crippen LogP contribution >= 0.6 is 24.0 Å². The lowest BCUT2D eigenvalue weighted by atomic mass is 10.1. The van der Waals surface area contributed by atoms with Crippen LogP contribution in [0.4, 0.5) is 0 Å². The molecule has 0 fully saturated rings. The van der Waals surface area contributed by atoms with E-state index < -0.39 is 0 Å². The minimum absolute atomic E-state index is 0. The average molecular weight is 519 g/mol. The number of benzene rings is 2. The third-order valence-electron chi connectivity index (χ3n) is 5.16. The number of halogens is 1. The lowest BCUT2D eigenvalue weighted by molar-refractivity contribution is 0.357. The van der Waals surface area contributed by atoms with Gasteiger partial charge in [0.1, 0.15) is 5.75 Å². The SMILES string of the molecule is CCNC(=NCCCn1cnc2ccccc21)NCCc1ccc2c(c1)CCO2.I. The quantitative estimate of drug-likeness (QED) is 0.206. The van der Waals surface area contributed by atoms with Crippen LogP contribution in [0.15, 0.2) is 53.8 Å². The van der Waals surface area contributed by atoms with Crippen molar-refractivity contribution in [1.29, 1.82) is 0 Å². The lowest BCUT2D eigenvalue weighted by Gasteiger charge is -2.12. The minimum atomic E-state index is 0. The predicted molar refractivity (Wildman–Crippen MR) is 133 cm³/mol. The summed E-state index contributed by atoms with van der Waals surface area (Å²) in [5, 5.41) is 6.78. The summed E-state index contributed by atoms with van der Waals surface area (Å²) in [4.78, 5) is 9.17. The zero-order chi connectivity index (χ0) is 19.9. The van der Waals surface area contributed by atoms with Crippen LogP contribution in [0.5, 0.6) is 5.75 Å². The van der Waals surface area contributed by atoms with Gasteiger partial charge in [0.2, 0.25) is 0 Å². The van der Waals surface area contributed by atoms with Crippen molar-refractivity contribution in [3.63, 3.8) is 0 Å². The molecule has 1 aliphatic heterocycles. The Morgan fingerprint density at radius 1 is 1.20 bits per heavy atom. The van der Waals surface area contributed by atoms with E-state index in [1.807, 2.05) is 18.5 Å². The number of aliphatic imine (C=N–C) groups is 1. The zero-order valence-electron chi connectivity index (χ0n) is 17.4. The fourth-order valence-electron chi connectivity index (χ4n) is 3.68. The highest BCUT2D eigenvalue weighted by atomic mass is 127. The molecule has 6 nitrogen and oxygen atoms in total. The molecule has 0 radical (unpaired) electrons. The summed E-state index contributed by atoms with van der Waals surface area (Å²) in [6.45, 7) is 6.31. The molecule has 0 saturated heterocycles. The topological polar surface area (TPSA) is 63.5 Å². The number of nitrogens with one attached hydrogen (secondary N) is 2. The van der Waals surface area contributed by atoms with Gasteiger partial charge in [-0.25, -0.2) is 4.98 Å². The van der Waals surface area contributed by atoms with Crippen molar-refractivity contribution in [3.05, 3.63) is 59.9 Å². The van der Waals surface area contributed by atoms with E-state index in [0.29, 0.717) is 0 Å². The normalized spacial score (nSPS) is 12.9. The van der Waals surface area contributed by atoms with E-state index >= 15 is 0 Å². The van der Waals surface area contributed by atoms with Gasteiger partial charge < -0.3 is 19.9 Å². The monoisotopic (exact) mass is 519 g/mol. The van der Waals surface area contributed by atoms with Crippen LogP contribution in [0.3, 0.4) is 0 Å². The average Bonchev–Trinajstić information content (AvgIpc) is 3.37. The first-order chi connectivity index (χ1) is 14.3. The molecular weight excluding hydrogens is 489 g/mol. The molecule has 0 atom stereocenters. The summed E-state index contributed by atoms with van der Waals surface area (Å²) >= 11 is 0. The zero-order valence-corrected chi connectivity index (χ0v) is 19.8. The maximum atomic E-state index is 5.58. The van der Waals surface area contributed by atoms with Gasteiger partial charge in [-0.2, -0.15) is 0 Å². The van der Waals surface area contributed by atoms with Gasteiger partial charge in [0.25, 0.3) is 0 Å². The number of hydrogen-bond donors (Lipinski definition) is 2. The molecule has 1 aromatic heterocycles. The Bertz CT molecular complexity index is 985. The molecule has 0 aliphatic carbocycles. The first-order valence-electron chi connectivity index (χ1n) is 10.5. The largest absolute Gasteiger partial charge is 0.493 e. The number of nitrogens with zero attached hydrogens (tertiary/aromatic N) is 3. The predicted octanol–water partition coefficient (Wildman–Crippen LogP) is 3.78. The van der Waals surface area contributed by atoms with Crippen LogP contribution in [0.1, 0.15) is 24.5 Å². The second kappa shape index (κ2) is 11.2. The molecule has 2 aromatic carbocycles. The second-order valence-corrected chi connectivity index (χ2v) is 7.26. The Morgan fingerprint density at radius 3 is 3.00 bits per heavy atom. The van der Waals surface area contributed by atoms with Crippen LogP contribution in [-0.4, -0.2) is 41.8 Å². The number of aromatic nitrogens is 2. The number of guanidine groups is 1. The summed E-state index contributed by atoms with van der Waals surface area (Å²) in [6, 6.07) is 14.8. The smallest absolute Gasteiger partial charge is 0.191 e. The number of para-hydroxylation sites is 2. The van der Waals surface area contributed by atoms with E-state index in [4.69, 9.17) is 9.73 Å². The number of ether oxygens (including phenoxy) is 1. The Kier molecular flexibility index (Phi) is 8.36. The maximum absolute atomic E-state index is 5.58. The van der Waals surface area contributed by atoms with Crippen LogP contribution in [0, 0.1) is 0 Å². The highest BCUT2D eigenvalue weighted by Crippen LogP contribution is 2.25. The van der Waals surface area contributed by atoms with Crippen molar-refractivity contribution < 1.29 is 4.74 Å². The number of fused-ring (bicyclic) bond motifs is 2. The van der Waals surface area contributed by atoms with E-state index in [-0.39, 0.29) is 24.0 Å². The van der Waals surface area contributed by atoms with Gasteiger partial charge in [-0.05, 0) is 49.1 Å². The number of hydrogen-bond acceptors (Lipinski definition) is 3. The molecule has 0 spiro atoms. The summed E-state index contributed by atoms with van der Waals surface area (Å²) < 4.78 is 7.78. The van der Waals surface area contributed by atoms with Gasteiger partial charge in [0.15, 0.2) is 5.96 Å². The highest BCUT2D eigenvalue weighted by molar-refractivity contribution is 14.0. The molecule has 0 bridgehead atoms. The van der Waals surface area contributed by atoms with Crippen LogP contribution in [0.2, 0.25) is 0 Å². The highest BCUT2D eigenvalue weighted by Gasteiger charge is 2.11. The molecule has 2 N–H and O–H groups in total. The van der Waals surface area contributed by atoms with E-state index in [1.165, 1.54) is 16.6 Å². The van der Waals surface area contributed by atoms with E-state index in [2.05, 4.69) is 57.4 Å². The van der Waals surface area contributed by atoms with Crippen LogP contribution < -0.4 is 15.4 Å². The van der Waals surface area contributed by atoms with Crippen molar-refractivity contribution in [1.82, 2.24) is 20.2 Å². The molecule has 0 amide bonds. The maximum Gasteiger partial charge on any atom is 0.191 e. The molecule has 4 rings (SSSR count). The Balaban J connectivity index is 0.00000256. The van der Waals surface area contributed by atoms with Crippen molar-refractivity contribution in [2.45, 2.75) is 32.7 Å². The summed E-state index contributed by atoms with van der Waals surface area (Å²) in [6.07, 6.45) is 4.88. The fraction of sp³-hybridized carbons (Fsp3) is 0.391. The molecule has 7 heteroatoms. The summed E-state index contributed by atoms with van der Waals surface area (Å²) in [7, 11) is 0. The molecule has 30 heavy (non-hydrogen) atoms. The molecule has 2 heterocycles.